The van der Waals surface area contributed by atoms with Crippen molar-refractivity contribution in [2.24, 2.45) is 11.1 Å². The molecule has 0 unspecified atom stereocenters. The Hall–Kier alpha value is -3.57. The standard InChI is InChI=1S/C21H25F3N4O5/c1-6-20(19(3,4)5,33-17(25)30)16(29)28-13-10-26-18(27-11-13)31-14-8-7-12(2)15(9-14)32-21(22,23)24/h7-11H,6H2,1-5H3,(H2,25,30)(H,28,29)/t20-/m0/s1. The van der Waals surface area contributed by atoms with Crippen molar-refractivity contribution in [1.82, 2.24) is 9.97 Å². The van der Waals surface area contributed by atoms with Gasteiger partial charge in [-0.15, -0.1) is 13.2 Å². The van der Waals surface area contributed by atoms with Crippen LogP contribution < -0.4 is 20.5 Å². The predicted octanol–water partition coefficient (Wildman–Crippen LogP) is 4.70. The number of aromatic nitrogens is 2. The molecule has 12 heteroatoms. The number of amides is 2. The van der Waals surface area contributed by atoms with Gasteiger partial charge in [0.25, 0.3) is 5.91 Å². The maximum atomic E-state index is 13.0. The van der Waals surface area contributed by atoms with Gasteiger partial charge in [-0.1, -0.05) is 33.8 Å². The Morgan fingerprint density at radius 3 is 2.21 bits per heavy atom. The fourth-order valence-corrected chi connectivity index (χ4v) is 3.12. The van der Waals surface area contributed by atoms with Crippen molar-refractivity contribution in [3.63, 3.8) is 0 Å². The van der Waals surface area contributed by atoms with E-state index in [0.29, 0.717) is 0 Å². The third-order valence-corrected chi connectivity index (χ3v) is 4.83. The number of alkyl halides is 3. The molecule has 2 amide bonds. The van der Waals surface area contributed by atoms with Crippen molar-refractivity contribution < 1.29 is 37.0 Å². The van der Waals surface area contributed by atoms with Crippen molar-refractivity contribution >= 4 is 17.7 Å². The molecular weight excluding hydrogens is 445 g/mol. The maximum absolute atomic E-state index is 13.0. The zero-order valence-electron chi connectivity index (χ0n) is 18.7. The van der Waals surface area contributed by atoms with Crippen LogP contribution in [-0.4, -0.2) is 33.9 Å². The molecule has 180 valence electrons. The molecule has 0 fully saturated rings. The lowest BCUT2D eigenvalue weighted by Gasteiger charge is -2.41. The SMILES string of the molecule is CC[C@](OC(N)=O)(C(=O)Nc1cnc(Oc2ccc(C)c(OC(F)(F)F)c2)nc1)C(C)(C)C. The number of carbonyl (C=O) groups is 2. The van der Waals surface area contributed by atoms with Gasteiger partial charge in [0.1, 0.15) is 11.5 Å². The summed E-state index contributed by atoms with van der Waals surface area (Å²) in [5.74, 6) is -1.03. The summed E-state index contributed by atoms with van der Waals surface area (Å²) in [6.45, 7) is 8.31. The van der Waals surface area contributed by atoms with Crippen molar-refractivity contribution in [1.29, 1.82) is 0 Å². The van der Waals surface area contributed by atoms with Crippen molar-refractivity contribution in [2.45, 2.75) is 53.0 Å². The highest BCUT2D eigenvalue weighted by molar-refractivity contribution is 5.98. The lowest BCUT2D eigenvalue weighted by atomic mass is 9.73. The topological polar surface area (TPSA) is 126 Å². The average Bonchev–Trinajstić information content (AvgIpc) is 2.68. The van der Waals surface area contributed by atoms with E-state index < -0.39 is 35.1 Å². The molecule has 0 saturated carbocycles. The zero-order chi connectivity index (χ0) is 25.0. The molecule has 1 heterocycles. The summed E-state index contributed by atoms with van der Waals surface area (Å²) < 4.78 is 52.1. The second-order valence-electron chi connectivity index (χ2n) is 8.14. The van der Waals surface area contributed by atoms with Gasteiger partial charge in [0.2, 0.25) is 0 Å². The molecular formula is C21H25F3N4O5. The van der Waals surface area contributed by atoms with Gasteiger partial charge in [-0.2, -0.15) is 0 Å². The predicted molar refractivity (Wildman–Crippen MR) is 112 cm³/mol. The van der Waals surface area contributed by atoms with Gasteiger partial charge in [0.05, 0.1) is 18.1 Å². The lowest BCUT2D eigenvalue weighted by Crippen LogP contribution is -2.56. The number of halogens is 3. The van der Waals surface area contributed by atoms with Crippen LogP contribution in [0.5, 0.6) is 17.5 Å². The Morgan fingerprint density at radius 2 is 1.73 bits per heavy atom. The Kier molecular flexibility index (Phi) is 7.40. The second-order valence-corrected chi connectivity index (χ2v) is 8.14. The van der Waals surface area contributed by atoms with E-state index in [0.717, 1.165) is 6.07 Å². The van der Waals surface area contributed by atoms with E-state index in [1.807, 2.05) is 0 Å². The summed E-state index contributed by atoms with van der Waals surface area (Å²) in [6.07, 6.45) is -3.32. The fourth-order valence-electron chi connectivity index (χ4n) is 3.12. The third kappa shape index (κ3) is 6.46. The van der Waals surface area contributed by atoms with E-state index >= 15 is 0 Å². The molecule has 9 nitrogen and oxygen atoms in total. The Balaban J connectivity index is 2.18. The van der Waals surface area contributed by atoms with Crippen LogP contribution in [0.3, 0.4) is 0 Å². The number of benzene rings is 1. The number of aryl methyl sites for hydroxylation is 1. The molecule has 0 aliphatic heterocycles. The first-order valence-electron chi connectivity index (χ1n) is 9.83. The summed E-state index contributed by atoms with van der Waals surface area (Å²) in [6, 6.07) is 3.70. The molecule has 0 bridgehead atoms. The van der Waals surface area contributed by atoms with Crippen molar-refractivity contribution in [3.05, 3.63) is 36.2 Å². The lowest BCUT2D eigenvalue weighted by molar-refractivity contribution is -0.274. The molecule has 0 radical (unpaired) electrons. The summed E-state index contributed by atoms with van der Waals surface area (Å²) >= 11 is 0. The van der Waals surface area contributed by atoms with Crippen LogP contribution in [0.25, 0.3) is 0 Å². The van der Waals surface area contributed by atoms with Crippen LogP contribution in [0.4, 0.5) is 23.7 Å². The normalized spacial score (nSPS) is 13.6. The van der Waals surface area contributed by atoms with Crippen LogP contribution in [0.15, 0.2) is 30.6 Å². The molecule has 0 aliphatic rings. The summed E-state index contributed by atoms with van der Waals surface area (Å²) in [7, 11) is 0. The van der Waals surface area contributed by atoms with Crippen LogP contribution in [-0.2, 0) is 9.53 Å². The Bertz CT molecular complexity index is 1010. The molecule has 1 aromatic carbocycles. The first-order chi connectivity index (χ1) is 15.2. The first-order valence-corrected chi connectivity index (χ1v) is 9.83. The minimum Gasteiger partial charge on any atom is -0.432 e. The van der Waals surface area contributed by atoms with Crippen molar-refractivity contribution in [2.75, 3.05) is 5.32 Å². The second kappa shape index (κ2) is 9.51. The van der Waals surface area contributed by atoms with Gasteiger partial charge in [-0.25, -0.2) is 14.8 Å². The van der Waals surface area contributed by atoms with E-state index in [9.17, 15) is 22.8 Å². The number of rotatable bonds is 7. The van der Waals surface area contributed by atoms with Gasteiger partial charge in [-0.3, -0.25) is 4.79 Å². The highest BCUT2D eigenvalue weighted by Gasteiger charge is 2.50. The highest BCUT2D eigenvalue weighted by atomic mass is 19.4. The smallest absolute Gasteiger partial charge is 0.432 e. The van der Waals surface area contributed by atoms with E-state index in [1.54, 1.807) is 27.7 Å². The van der Waals surface area contributed by atoms with Gasteiger partial charge in [-0.05, 0) is 25.0 Å². The van der Waals surface area contributed by atoms with E-state index in [2.05, 4.69) is 20.0 Å². The number of anilines is 1. The quantitative estimate of drug-likeness (QED) is 0.600. The molecule has 2 rings (SSSR count). The van der Waals surface area contributed by atoms with E-state index in [4.69, 9.17) is 15.2 Å². The highest BCUT2D eigenvalue weighted by Crippen LogP contribution is 2.38. The average molecular weight is 470 g/mol. The molecule has 0 aliphatic carbocycles. The number of hydrogen-bond donors (Lipinski definition) is 2. The number of hydrogen-bond acceptors (Lipinski definition) is 7. The van der Waals surface area contributed by atoms with Gasteiger partial charge >= 0.3 is 18.5 Å². The maximum Gasteiger partial charge on any atom is 0.573 e. The molecule has 1 atom stereocenters. The molecule has 0 spiro atoms. The van der Waals surface area contributed by atoms with Gasteiger partial charge in [0.15, 0.2) is 5.60 Å². The van der Waals surface area contributed by atoms with Gasteiger partial charge in [0, 0.05) is 11.5 Å². The number of nitrogens with one attached hydrogen (secondary N) is 1. The summed E-state index contributed by atoms with van der Waals surface area (Å²) in [5.41, 5.74) is 3.27. The Morgan fingerprint density at radius 1 is 1.12 bits per heavy atom. The third-order valence-electron chi connectivity index (χ3n) is 4.83. The molecule has 0 saturated heterocycles. The number of carbonyl (C=O) groups excluding carboxylic acids is 2. The number of nitrogens with two attached hydrogens (primary N) is 1. The van der Waals surface area contributed by atoms with E-state index in [-0.39, 0.29) is 29.4 Å². The first kappa shape index (κ1) is 25.7. The van der Waals surface area contributed by atoms with Crippen LogP contribution in [0.1, 0.15) is 39.7 Å². The number of ether oxygens (including phenoxy) is 3. The zero-order valence-corrected chi connectivity index (χ0v) is 18.7. The number of nitrogens with zero attached hydrogens (tertiary/aromatic N) is 2. The molecule has 3 N–H and O–H groups in total. The molecule has 1 aromatic heterocycles. The minimum atomic E-state index is -4.85. The van der Waals surface area contributed by atoms with Crippen LogP contribution >= 0.6 is 0 Å². The van der Waals surface area contributed by atoms with Crippen LogP contribution in [0.2, 0.25) is 0 Å². The Labute approximate surface area is 188 Å². The van der Waals surface area contributed by atoms with Gasteiger partial charge < -0.3 is 25.3 Å². The van der Waals surface area contributed by atoms with Crippen molar-refractivity contribution in [3.8, 4) is 17.5 Å². The minimum absolute atomic E-state index is 0.0178. The summed E-state index contributed by atoms with van der Waals surface area (Å²) in [4.78, 5) is 32.3. The molecule has 33 heavy (non-hydrogen) atoms. The van der Waals surface area contributed by atoms with Crippen LogP contribution in [0, 0.1) is 12.3 Å². The number of primary amides is 1. The largest absolute Gasteiger partial charge is 0.573 e. The van der Waals surface area contributed by atoms with E-state index in [1.165, 1.54) is 31.5 Å². The summed E-state index contributed by atoms with van der Waals surface area (Å²) in [5, 5.41) is 2.58. The fraction of sp³-hybridized carbons (Fsp3) is 0.429. The molecule has 2 aromatic rings. The monoisotopic (exact) mass is 470 g/mol.